The Morgan fingerprint density at radius 1 is 1.17 bits per heavy atom. The van der Waals surface area contributed by atoms with Gasteiger partial charge in [0.1, 0.15) is 5.75 Å². The van der Waals surface area contributed by atoms with Gasteiger partial charge in [-0.25, -0.2) is 13.6 Å². The van der Waals surface area contributed by atoms with Crippen molar-refractivity contribution >= 4 is 29.2 Å². The Morgan fingerprint density at radius 3 is 2.43 bits per heavy atom. The monoisotopic (exact) mass is 341 g/mol. The molecule has 0 spiro atoms. The molecule has 8 heteroatoms. The van der Waals surface area contributed by atoms with E-state index in [9.17, 15) is 18.4 Å². The normalized spacial score (nSPS) is 10.3. The van der Waals surface area contributed by atoms with E-state index in [2.05, 4.69) is 5.32 Å². The summed E-state index contributed by atoms with van der Waals surface area (Å²) in [6.07, 6.45) is 0. The Labute approximate surface area is 134 Å². The first-order valence-electron chi connectivity index (χ1n) is 6.20. The highest BCUT2D eigenvalue weighted by molar-refractivity contribution is 6.34. The van der Waals surface area contributed by atoms with Crippen LogP contribution in [0.3, 0.4) is 0 Å². The van der Waals surface area contributed by atoms with Crippen molar-refractivity contribution in [2.45, 2.75) is 0 Å². The van der Waals surface area contributed by atoms with Crippen molar-refractivity contribution in [3.63, 3.8) is 0 Å². The third-order valence-corrected chi connectivity index (χ3v) is 3.26. The Morgan fingerprint density at radius 2 is 1.83 bits per heavy atom. The number of carboxylic acid groups (broad SMARTS) is 1. The first-order chi connectivity index (χ1) is 10.8. The molecule has 0 radical (unpaired) electrons. The van der Waals surface area contributed by atoms with Gasteiger partial charge in [0.25, 0.3) is 5.91 Å². The summed E-state index contributed by atoms with van der Waals surface area (Å²) in [5, 5.41) is 11.1. The zero-order valence-electron chi connectivity index (χ0n) is 11.7. The van der Waals surface area contributed by atoms with Crippen LogP contribution in [0.1, 0.15) is 20.7 Å². The zero-order valence-corrected chi connectivity index (χ0v) is 12.4. The van der Waals surface area contributed by atoms with Gasteiger partial charge in [-0.2, -0.15) is 0 Å². The van der Waals surface area contributed by atoms with Crippen LogP contribution in [0.25, 0.3) is 0 Å². The number of benzene rings is 2. The number of carbonyl (C=O) groups is 2. The molecule has 23 heavy (non-hydrogen) atoms. The largest absolute Gasteiger partial charge is 0.495 e. The molecule has 0 unspecified atom stereocenters. The van der Waals surface area contributed by atoms with Crippen molar-refractivity contribution in [3.8, 4) is 5.75 Å². The molecule has 0 aromatic heterocycles. The summed E-state index contributed by atoms with van der Waals surface area (Å²) >= 11 is 5.73. The van der Waals surface area contributed by atoms with Crippen molar-refractivity contribution in [3.05, 3.63) is 58.1 Å². The minimum atomic E-state index is -1.22. The van der Waals surface area contributed by atoms with Crippen LogP contribution in [-0.2, 0) is 0 Å². The minimum absolute atomic E-state index is 0.0364. The van der Waals surface area contributed by atoms with Gasteiger partial charge in [-0.3, -0.25) is 4.79 Å². The Bertz CT molecular complexity index is 795. The van der Waals surface area contributed by atoms with Crippen molar-refractivity contribution in [1.82, 2.24) is 0 Å². The lowest BCUT2D eigenvalue weighted by molar-refractivity contribution is 0.0696. The summed E-state index contributed by atoms with van der Waals surface area (Å²) in [5.74, 6) is -4.25. The van der Waals surface area contributed by atoms with Gasteiger partial charge >= 0.3 is 5.97 Å². The lowest BCUT2D eigenvalue weighted by Crippen LogP contribution is -2.14. The van der Waals surface area contributed by atoms with Crippen LogP contribution in [0.2, 0.25) is 5.02 Å². The van der Waals surface area contributed by atoms with Crippen molar-refractivity contribution < 1.29 is 28.2 Å². The highest BCUT2D eigenvalue weighted by Crippen LogP contribution is 2.27. The number of aromatic carboxylic acids is 1. The van der Waals surface area contributed by atoms with Crippen LogP contribution in [-0.4, -0.2) is 24.1 Å². The molecule has 0 saturated heterocycles. The van der Waals surface area contributed by atoms with E-state index in [1.807, 2.05) is 0 Å². The van der Waals surface area contributed by atoms with E-state index in [1.165, 1.54) is 25.3 Å². The van der Waals surface area contributed by atoms with E-state index in [0.29, 0.717) is 12.1 Å². The van der Waals surface area contributed by atoms with E-state index >= 15 is 0 Å². The SMILES string of the molecule is COc1cc(C(=O)O)ccc1NC(=O)c1cc(F)c(F)cc1Cl. The summed E-state index contributed by atoms with van der Waals surface area (Å²) in [6, 6.07) is 5.15. The summed E-state index contributed by atoms with van der Waals surface area (Å²) in [5.41, 5.74) is -0.149. The molecule has 0 atom stereocenters. The second-order valence-electron chi connectivity index (χ2n) is 4.42. The molecule has 0 bridgehead atoms. The van der Waals surface area contributed by atoms with Gasteiger partial charge in [0, 0.05) is 0 Å². The summed E-state index contributed by atoms with van der Waals surface area (Å²) in [4.78, 5) is 23.0. The molecule has 0 aliphatic carbocycles. The maximum absolute atomic E-state index is 13.2. The maximum atomic E-state index is 13.2. The van der Waals surface area contributed by atoms with Gasteiger partial charge in [0.15, 0.2) is 11.6 Å². The zero-order chi connectivity index (χ0) is 17.1. The molecule has 0 aliphatic rings. The van der Waals surface area contributed by atoms with Crippen LogP contribution in [0.4, 0.5) is 14.5 Å². The number of halogens is 3. The summed E-state index contributed by atoms with van der Waals surface area (Å²) in [7, 11) is 1.29. The second kappa shape index (κ2) is 6.62. The number of rotatable bonds is 4. The number of methoxy groups -OCH3 is 1. The van der Waals surface area contributed by atoms with Crippen LogP contribution >= 0.6 is 11.6 Å². The Kier molecular flexibility index (Phi) is 4.80. The summed E-state index contributed by atoms with van der Waals surface area (Å²) < 4.78 is 31.3. The van der Waals surface area contributed by atoms with Gasteiger partial charge in [0.2, 0.25) is 0 Å². The summed E-state index contributed by atoms with van der Waals surface area (Å²) in [6.45, 7) is 0. The van der Waals surface area contributed by atoms with Crippen molar-refractivity contribution in [2.24, 2.45) is 0 Å². The standard InChI is InChI=1S/C15H10ClF2NO4/c1-23-13-4-7(15(21)22)2-3-12(13)19-14(20)8-5-10(17)11(18)6-9(8)16/h2-6H,1H3,(H,19,20)(H,21,22). The molecule has 2 aromatic rings. The third kappa shape index (κ3) is 3.57. The predicted octanol–water partition coefficient (Wildman–Crippen LogP) is 3.58. The van der Waals surface area contributed by atoms with E-state index < -0.39 is 23.5 Å². The number of anilines is 1. The molecule has 0 fully saturated rings. The number of ether oxygens (including phenoxy) is 1. The molecular weight excluding hydrogens is 332 g/mol. The highest BCUT2D eigenvalue weighted by Gasteiger charge is 2.17. The molecule has 120 valence electrons. The lowest BCUT2D eigenvalue weighted by Gasteiger charge is -2.12. The first-order valence-corrected chi connectivity index (χ1v) is 6.58. The van der Waals surface area contributed by atoms with Crippen molar-refractivity contribution in [1.29, 1.82) is 0 Å². The number of carbonyl (C=O) groups excluding carboxylic acids is 1. The molecule has 2 aromatic carbocycles. The molecule has 0 heterocycles. The molecule has 5 nitrogen and oxygen atoms in total. The van der Waals surface area contributed by atoms with E-state index in [-0.39, 0.29) is 27.6 Å². The number of nitrogens with one attached hydrogen (secondary N) is 1. The quantitative estimate of drug-likeness (QED) is 0.833. The molecular formula is C15H10ClF2NO4. The Hall–Kier alpha value is -2.67. The van der Waals surface area contributed by atoms with Gasteiger partial charge < -0.3 is 15.2 Å². The number of hydrogen-bond acceptors (Lipinski definition) is 3. The van der Waals surface area contributed by atoms with Crippen molar-refractivity contribution in [2.75, 3.05) is 12.4 Å². The van der Waals surface area contributed by atoms with E-state index in [0.717, 1.165) is 0 Å². The third-order valence-electron chi connectivity index (χ3n) is 2.95. The topological polar surface area (TPSA) is 75.6 Å². The minimum Gasteiger partial charge on any atom is -0.495 e. The molecule has 2 rings (SSSR count). The van der Waals surface area contributed by atoms with Crippen LogP contribution < -0.4 is 10.1 Å². The molecule has 0 aliphatic heterocycles. The van der Waals surface area contributed by atoms with E-state index in [1.54, 1.807) is 0 Å². The number of amides is 1. The maximum Gasteiger partial charge on any atom is 0.335 e. The predicted molar refractivity (Wildman–Crippen MR) is 79.3 cm³/mol. The van der Waals surface area contributed by atoms with Crippen LogP contribution in [0.15, 0.2) is 30.3 Å². The highest BCUT2D eigenvalue weighted by atomic mass is 35.5. The average Bonchev–Trinajstić information content (AvgIpc) is 2.50. The first kappa shape index (κ1) is 16.7. The van der Waals surface area contributed by atoms with Gasteiger partial charge in [-0.1, -0.05) is 11.6 Å². The fraction of sp³-hybridized carbons (Fsp3) is 0.0667. The number of hydrogen-bond donors (Lipinski definition) is 2. The second-order valence-corrected chi connectivity index (χ2v) is 4.83. The molecule has 2 N–H and O–H groups in total. The van der Waals surface area contributed by atoms with Crippen LogP contribution in [0.5, 0.6) is 5.75 Å². The van der Waals surface area contributed by atoms with Gasteiger partial charge in [0.05, 0.1) is 28.9 Å². The fourth-order valence-corrected chi connectivity index (χ4v) is 2.05. The van der Waals surface area contributed by atoms with E-state index in [4.69, 9.17) is 21.4 Å². The smallest absolute Gasteiger partial charge is 0.335 e. The fourth-order valence-electron chi connectivity index (χ4n) is 1.81. The van der Waals surface area contributed by atoms with Crippen LogP contribution in [0, 0.1) is 11.6 Å². The average molecular weight is 342 g/mol. The number of carboxylic acids is 1. The lowest BCUT2D eigenvalue weighted by atomic mass is 10.1. The van der Waals surface area contributed by atoms with Gasteiger partial charge in [-0.15, -0.1) is 0 Å². The Balaban J connectivity index is 2.34. The molecule has 1 amide bonds. The molecule has 0 saturated carbocycles. The van der Waals surface area contributed by atoms with Gasteiger partial charge in [-0.05, 0) is 30.3 Å².